The van der Waals surface area contributed by atoms with Gasteiger partial charge in [-0.25, -0.2) is 9.50 Å². The van der Waals surface area contributed by atoms with Gasteiger partial charge in [0.2, 0.25) is 0 Å². The Kier molecular flexibility index (Phi) is 0.887. The van der Waals surface area contributed by atoms with Crippen LogP contribution < -0.4 is 5.56 Å². The van der Waals surface area contributed by atoms with Gasteiger partial charge in [0.1, 0.15) is 0 Å². The molecule has 1 N–H and O–H groups in total. The van der Waals surface area contributed by atoms with Crippen LogP contribution >= 0.6 is 0 Å². The third kappa shape index (κ3) is 0.556. The molecule has 2 aromatic rings. The van der Waals surface area contributed by atoms with Crippen LogP contribution in [0.15, 0.2) is 23.3 Å². The van der Waals surface area contributed by atoms with Crippen molar-refractivity contribution < 1.29 is 0 Å². The summed E-state index contributed by atoms with van der Waals surface area (Å²) < 4.78 is 1.32. The van der Waals surface area contributed by atoms with Gasteiger partial charge in [0.15, 0.2) is 5.65 Å². The number of nitrogens with zero attached hydrogens (tertiary/aromatic N) is 2. The number of fused-ring (bicyclic) bond motifs is 1. The van der Waals surface area contributed by atoms with Gasteiger partial charge in [0.05, 0.1) is 6.07 Å². The lowest BCUT2D eigenvalue weighted by Crippen LogP contribution is -2.12. The van der Waals surface area contributed by atoms with Crippen molar-refractivity contribution in [1.82, 2.24) is 14.6 Å². The molecule has 10 heavy (non-hydrogen) atoms. The van der Waals surface area contributed by atoms with Crippen molar-refractivity contribution in [3.8, 4) is 0 Å². The molecule has 0 spiro atoms. The fourth-order valence-corrected chi connectivity index (χ4v) is 0.809. The first kappa shape index (κ1) is 5.22. The number of hydrogen-bond donors (Lipinski definition) is 1. The fourth-order valence-electron chi connectivity index (χ4n) is 0.809. The van der Waals surface area contributed by atoms with Crippen LogP contribution in [0.1, 0.15) is 0 Å². The fraction of sp³-hybridized carbons (Fsp3) is 0. The molecule has 0 aliphatic rings. The van der Waals surface area contributed by atoms with Crippen molar-refractivity contribution in [2.45, 2.75) is 0 Å². The van der Waals surface area contributed by atoms with Crippen LogP contribution in [0.5, 0.6) is 0 Å². The molecule has 2 heterocycles. The SMILES string of the molecule is O=c1[c]cnc2cc[nH]n12. The molecule has 0 amide bonds. The molecule has 0 atom stereocenters. The Hall–Kier alpha value is -1.58. The van der Waals surface area contributed by atoms with Crippen molar-refractivity contribution in [2.24, 2.45) is 0 Å². The van der Waals surface area contributed by atoms with Crippen LogP contribution in [0.25, 0.3) is 5.65 Å². The molecule has 0 saturated carbocycles. The summed E-state index contributed by atoms with van der Waals surface area (Å²) >= 11 is 0. The molecule has 0 unspecified atom stereocenters. The lowest BCUT2D eigenvalue weighted by Gasteiger charge is -1.86. The van der Waals surface area contributed by atoms with E-state index >= 15 is 0 Å². The molecule has 0 fully saturated rings. The number of hydrogen-bond acceptors (Lipinski definition) is 2. The minimum Gasteiger partial charge on any atom is -0.297 e. The van der Waals surface area contributed by atoms with Crippen LogP contribution in [0.3, 0.4) is 0 Å². The van der Waals surface area contributed by atoms with Crippen LogP contribution in [0.4, 0.5) is 0 Å². The van der Waals surface area contributed by atoms with E-state index in [4.69, 9.17) is 0 Å². The van der Waals surface area contributed by atoms with Crippen molar-refractivity contribution >= 4 is 5.65 Å². The highest BCUT2D eigenvalue weighted by Gasteiger charge is 1.93. The molecule has 0 aliphatic carbocycles. The molecule has 2 aromatic heterocycles. The van der Waals surface area contributed by atoms with Gasteiger partial charge in [-0.2, -0.15) is 0 Å². The van der Waals surface area contributed by atoms with Gasteiger partial charge < -0.3 is 0 Å². The first-order chi connectivity index (χ1) is 4.88. The van der Waals surface area contributed by atoms with Crippen LogP contribution in [-0.4, -0.2) is 14.6 Å². The third-order valence-corrected chi connectivity index (χ3v) is 1.25. The van der Waals surface area contributed by atoms with Crippen molar-refractivity contribution in [3.05, 3.63) is 34.9 Å². The average Bonchev–Trinajstić information content (AvgIpc) is 2.36. The smallest absolute Gasteiger partial charge is 0.280 e. The Labute approximate surface area is 56.1 Å². The molecule has 0 bridgehead atoms. The zero-order valence-electron chi connectivity index (χ0n) is 5.03. The van der Waals surface area contributed by atoms with Gasteiger partial charge in [-0.15, -0.1) is 0 Å². The molecule has 4 heteroatoms. The minimum atomic E-state index is -0.213. The van der Waals surface area contributed by atoms with Gasteiger partial charge in [-0.3, -0.25) is 9.89 Å². The summed E-state index contributed by atoms with van der Waals surface area (Å²) in [6.07, 6.45) is 3.02. The molecular weight excluding hydrogens is 130 g/mol. The van der Waals surface area contributed by atoms with Gasteiger partial charge in [0.25, 0.3) is 5.56 Å². The lowest BCUT2D eigenvalue weighted by atomic mass is 10.6. The van der Waals surface area contributed by atoms with E-state index in [0.717, 1.165) is 0 Å². The highest BCUT2D eigenvalue weighted by atomic mass is 16.1. The van der Waals surface area contributed by atoms with Crippen LogP contribution in [0.2, 0.25) is 0 Å². The Morgan fingerprint density at radius 2 is 2.60 bits per heavy atom. The number of rotatable bonds is 0. The monoisotopic (exact) mass is 134 g/mol. The first-order valence-corrected chi connectivity index (χ1v) is 2.81. The molecule has 1 radical (unpaired) electrons. The van der Waals surface area contributed by atoms with Crippen LogP contribution in [0, 0.1) is 6.07 Å². The predicted molar refractivity (Wildman–Crippen MR) is 34.6 cm³/mol. The zero-order chi connectivity index (χ0) is 6.97. The summed E-state index contributed by atoms with van der Waals surface area (Å²) in [4.78, 5) is 14.8. The highest BCUT2D eigenvalue weighted by molar-refractivity contribution is 5.33. The zero-order valence-corrected chi connectivity index (χ0v) is 5.03. The maximum atomic E-state index is 10.9. The molecule has 0 aromatic carbocycles. The highest BCUT2D eigenvalue weighted by Crippen LogP contribution is 1.88. The lowest BCUT2D eigenvalue weighted by molar-refractivity contribution is 0.897. The second-order valence-corrected chi connectivity index (χ2v) is 1.86. The van der Waals surface area contributed by atoms with E-state index in [2.05, 4.69) is 16.1 Å². The number of aromatic nitrogens is 3. The summed E-state index contributed by atoms with van der Waals surface area (Å²) in [7, 11) is 0. The number of H-pyrrole nitrogens is 1. The minimum absolute atomic E-state index is 0.213. The van der Waals surface area contributed by atoms with Crippen LogP contribution in [-0.2, 0) is 0 Å². The van der Waals surface area contributed by atoms with E-state index in [1.165, 1.54) is 10.7 Å². The van der Waals surface area contributed by atoms with Gasteiger partial charge >= 0.3 is 0 Å². The summed E-state index contributed by atoms with van der Waals surface area (Å²) in [5.41, 5.74) is 0.402. The Bertz CT molecular complexity index is 400. The molecule has 0 aliphatic heterocycles. The molecule has 4 nitrogen and oxygen atoms in total. The van der Waals surface area contributed by atoms with E-state index in [1.54, 1.807) is 12.3 Å². The maximum Gasteiger partial charge on any atom is 0.280 e. The van der Waals surface area contributed by atoms with Crippen molar-refractivity contribution in [3.63, 3.8) is 0 Å². The third-order valence-electron chi connectivity index (χ3n) is 1.25. The summed E-state index contributed by atoms with van der Waals surface area (Å²) in [5.74, 6) is 0. The van der Waals surface area contributed by atoms with Gasteiger partial charge in [-0.05, 0) is 0 Å². The summed E-state index contributed by atoms with van der Waals surface area (Å²) in [6, 6.07) is 4.14. The topological polar surface area (TPSA) is 50.2 Å². The molecule has 2 rings (SSSR count). The molecule has 49 valence electrons. The van der Waals surface area contributed by atoms with E-state index in [0.29, 0.717) is 5.65 Å². The second kappa shape index (κ2) is 1.70. The number of nitrogens with one attached hydrogen (secondary N) is 1. The average molecular weight is 134 g/mol. The summed E-state index contributed by atoms with van der Waals surface area (Å²) in [6.45, 7) is 0. The number of aromatic amines is 1. The van der Waals surface area contributed by atoms with E-state index < -0.39 is 0 Å². The largest absolute Gasteiger partial charge is 0.297 e. The maximum absolute atomic E-state index is 10.9. The standard InChI is InChI=1S/C6H4N3O/c10-6-2-3-7-5-1-4-8-9(5)6/h1,3-4,8H. The normalized spacial score (nSPS) is 10.4. The Morgan fingerprint density at radius 3 is 3.40 bits per heavy atom. The Morgan fingerprint density at radius 1 is 1.70 bits per heavy atom. The molecule has 0 saturated heterocycles. The van der Waals surface area contributed by atoms with Gasteiger partial charge in [-0.1, -0.05) is 0 Å². The second-order valence-electron chi connectivity index (χ2n) is 1.86. The molecular formula is C6H4N3O. The van der Waals surface area contributed by atoms with Gasteiger partial charge in [0, 0.05) is 18.5 Å². The van der Waals surface area contributed by atoms with E-state index in [-0.39, 0.29) is 5.56 Å². The van der Waals surface area contributed by atoms with E-state index in [9.17, 15) is 4.79 Å². The first-order valence-electron chi connectivity index (χ1n) is 2.81. The predicted octanol–water partition coefficient (Wildman–Crippen LogP) is -0.177. The van der Waals surface area contributed by atoms with Crippen molar-refractivity contribution in [2.75, 3.05) is 0 Å². The van der Waals surface area contributed by atoms with Crippen molar-refractivity contribution in [1.29, 1.82) is 0 Å². The quantitative estimate of drug-likeness (QED) is 0.543. The van der Waals surface area contributed by atoms with E-state index in [1.807, 2.05) is 0 Å². The Balaban J connectivity index is 3.09. The summed E-state index contributed by atoms with van der Waals surface area (Å²) in [5, 5.41) is 2.70.